The quantitative estimate of drug-likeness (QED) is 0.144. The first kappa shape index (κ1) is 23.9. The summed E-state index contributed by atoms with van der Waals surface area (Å²) < 4.78 is 20.1. The van der Waals surface area contributed by atoms with Crippen molar-refractivity contribution in [3.05, 3.63) is 156 Å². The molecular weight excluding hydrogens is 437 g/mol. The van der Waals surface area contributed by atoms with Crippen molar-refractivity contribution in [1.82, 2.24) is 5.32 Å². The van der Waals surface area contributed by atoms with Crippen LogP contribution < -0.4 is 5.32 Å². The minimum atomic E-state index is -3.07. The highest BCUT2D eigenvalue weighted by molar-refractivity contribution is 7.59. The van der Waals surface area contributed by atoms with Crippen molar-refractivity contribution in [2.24, 2.45) is 0 Å². The lowest BCUT2D eigenvalue weighted by Crippen LogP contribution is -2.45. The molecule has 4 rings (SSSR count). The highest BCUT2D eigenvalue weighted by Crippen LogP contribution is 2.48. The first-order valence-electron chi connectivity index (χ1n) is 11.5. The molecule has 0 aliphatic rings. The molecule has 1 atom stereocenters. The van der Waals surface area contributed by atoms with Crippen LogP contribution >= 0.6 is 7.37 Å². The van der Waals surface area contributed by atoms with E-state index in [9.17, 15) is 4.57 Å². The first-order chi connectivity index (χ1) is 16.7. The van der Waals surface area contributed by atoms with Gasteiger partial charge >= 0.3 is 0 Å². The fourth-order valence-electron chi connectivity index (χ4n) is 4.24. The Balaban J connectivity index is 1.74. The molecule has 0 spiro atoms. The molecule has 0 saturated heterocycles. The summed E-state index contributed by atoms with van der Waals surface area (Å²) in [6.07, 6.45) is 2.18. The second kappa shape index (κ2) is 11.3. The molecule has 4 heteroatoms. The maximum absolute atomic E-state index is 14.0. The number of nitrogens with one attached hydrogen (secondary N) is 1. The first-order valence-corrected chi connectivity index (χ1v) is 13.4. The van der Waals surface area contributed by atoms with E-state index in [4.69, 9.17) is 4.52 Å². The van der Waals surface area contributed by atoms with Gasteiger partial charge in [-0.3, -0.25) is 9.88 Å². The van der Waals surface area contributed by atoms with Crippen LogP contribution in [0.1, 0.15) is 22.3 Å². The summed E-state index contributed by atoms with van der Waals surface area (Å²) in [6, 6.07) is 40.7. The lowest BCUT2D eigenvalue weighted by molar-refractivity contribution is 0.299. The molecule has 0 bridgehead atoms. The minimum absolute atomic E-state index is 0.199. The van der Waals surface area contributed by atoms with Crippen LogP contribution in [0.4, 0.5) is 0 Å². The smallest absolute Gasteiger partial charge is 0.220 e. The van der Waals surface area contributed by atoms with E-state index in [0.29, 0.717) is 12.8 Å². The monoisotopic (exact) mass is 467 g/mol. The normalized spacial score (nSPS) is 13.2. The lowest BCUT2D eigenvalue weighted by Gasteiger charge is -2.38. The maximum atomic E-state index is 14.0. The summed E-state index contributed by atoms with van der Waals surface area (Å²) in [6.45, 7) is 4.13. The van der Waals surface area contributed by atoms with E-state index in [-0.39, 0.29) is 6.29 Å². The van der Waals surface area contributed by atoms with Gasteiger partial charge in [0.2, 0.25) is 7.37 Å². The number of allylic oxidation sites excluding steroid dienone is 1. The molecule has 0 fully saturated rings. The molecule has 0 aromatic heterocycles. The fraction of sp³-hybridized carbons (Fsp3) is 0.133. The Hall–Kier alpha value is -3.23. The zero-order chi connectivity index (χ0) is 23.7. The molecule has 0 aliphatic heterocycles. The SMILES string of the molecule is C=CCP(=O)(CNC(c1ccccc1)(c1ccccc1)c1ccccc1)OCc1ccccc1. The van der Waals surface area contributed by atoms with Crippen LogP contribution in [0.15, 0.2) is 134 Å². The molecule has 34 heavy (non-hydrogen) atoms. The van der Waals surface area contributed by atoms with Crippen LogP contribution in [0, 0.1) is 0 Å². The second-order valence-corrected chi connectivity index (χ2v) is 10.8. The standard InChI is InChI=1S/C30H30NO2P/c1-2-23-34(32,33-24-26-15-7-3-8-16-26)25-31-30(27-17-9-4-10-18-27,28-19-11-5-12-20-28)29-21-13-6-14-22-29/h2-22,31H,1,23-25H2. The predicted molar refractivity (Wildman–Crippen MR) is 141 cm³/mol. The van der Waals surface area contributed by atoms with Crippen molar-refractivity contribution in [1.29, 1.82) is 0 Å². The Morgan fingerprint density at radius 1 is 0.706 bits per heavy atom. The van der Waals surface area contributed by atoms with Gasteiger partial charge in [-0.1, -0.05) is 127 Å². The topological polar surface area (TPSA) is 38.3 Å². The Kier molecular flexibility index (Phi) is 7.92. The molecule has 0 amide bonds. The average Bonchev–Trinajstić information content (AvgIpc) is 2.91. The summed E-state index contributed by atoms with van der Waals surface area (Å²) in [7, 11) is -3.07. The summed E-state index contributed by atoms with van der Waals surface area (Å²) in [5.74, 6) is 0. The van der Waals surface area contributed by atoms with Crippen LogP contribution in [-0.2, 0) is 21.2 Å². The van der Waals surface area contributed by atoms with Crippen LogP contribution in [0.3, 0.4) is 0 Å². The fourth-order valence-corrected chi connectivity index (χ4v) is 5.82. The summed E-state index contributed by atoms with van der Waals surface area (Å²) >= 11 is 0. The van der Waals surface area contributed by atoms with E-state index in [1.54, 1.807) is 6.08 Å². The minimum Gasteiger partial charge on any atom is -0.323 e. The van der Waals surface area contributed by atoms with E-state index < -0.39 is 12.9 Å². The highest BCUT2D eigenvalue weighted by atomic mass is 31.2. The molecular formula is C30H30NO2P. The number of benzene rings is 4. The number of rotatable bonds is 11. The van der Waals surface area contributed by atoms with Crippen LogP contribution in [-0.4, -0.2) is 12.4 Å². The Morgan fingerprint density at radius 3 is 1.53 bits per heavy atom. The van der Waals surface area contributed by atoms with E-state index >= 15 is 0 Å². The van der Waals surface area contributed by atoms with Crippen molar-refractivity contribution < 1.29 is 9.09 Å². The molecule has 0 radical (unpaired) electrons. The molecule has 4 aromatic carbocycles. The van der Waals surface area contributed by atoms with Crippen LogP contribution in [0.25, 0.3) is 0 Å². The molecule has 0 heterocycles. The predicted octanol–water partition coefficient (Wildman–Crippen LogP) is 7.21. The maximum Gasteiger partial charge on any atom is 0.220 e. The molecule has 1 unspecified atom stereocenters. The van der Waals surface area contributed by atoms with Gasteiger partial charge < -0.3 is 4.52 Å². The molecule has 0 saturated carbocycles. The Morgan fingerprint density at radius 2 is 1.12 bits per heavy atom. The van der Waals surface area contributed by atoms with Gasteiger partial charge in [0.25, 0.3) is 0 Å². The Labute approximate surface area is 202 Å². The molecule has 3 nitrogen and oxygen atoms in total. The molecule has 4 aromatic rings. The Bertz CT molecular complexity index is 1120. The summed E-state index contributed by atoms with van der Waals surface area (Å²) in [5, 5.41) is 3.71. The average molecular weight is 468 g/mol. The third-order valence-corrected chi connectivity index (χ3v) is 7.98. The van der Waals surface area contributed by atoms with Gasteiger partial charge in [0.15, 0.2) is 0 Å². The van der Waals surface area contributed by atoms with E-state index in [2.05, 4.69) is 48.3 Å². The van der Waals surface area contributed by atoms with Gasteiger partial charge in [-0.2, -0.15) is 0 Å². The molecule has 1 N–H and O–H groups in total. The van der Waals surface area contributed by atoms with Crippen molar-refractivity contribution >= 4 is 7.37 Å². The van der Waals surface area contributed by atoms with Gasteiger partial charge in [0, 0.05) is 6.16 Å². The summed E-state index contributed by atoms with van der Waals surface area (Å²) in [5.41, 5.74) is 3.51. The third-order valence-electron chi connectivity index (χ3n) is 5.92. The van der Waals surface area contributed by atoms with Crippen molar-refractivity contribution in [3.63, 3.8) is 0 Å². The number of hydrogen-bond acceptors (Lipinski definition) is 3. The van der Waals surface area contributed by atoms with Crippen molar-refractivity contribution in [3.8, 4) is 0 Å². The van der Waals surface area contributed by atoms with Crippen molar-refractivity contribution in [2.45, 2.75) is 12.1 Å². The van der Waals surface area contributed by atoms with Crippen molar-refractivity contribution in [2.75, 3.05) is 12.4 Å². The second-order valence-electron chi connectivity index (χ2n) is 8.23. The van der Waals surface area contributed by atoms with E-state index in [1.807, 2.05) is 84.9 Å². The zero-order valence-electron chi connectivity index (χ0n) is 19.2. The van der Waals surface area contributed by atoms with Crippen LogP contribution in [0.5, 0.6) is 0 Å². The van der Waals surface area contributed by atoms with Gasteiger partial charge in [-0.05, 0) is 22.3 Å². The third kappa shape index (κ3) is 5.46. The van der Waals surface area contributed by atoms with Gasteiger partial charge in [-0.25, -0.2) is 0 Å². The van der Waals surface area contributed by atoms with E-state index in [0.717, 1.165) is 22.3 Å². The lowest BCUT2D eigenvalue weighted by atomic mass is 9.77. The van der Waals surface area contributed by atoms with Gasteiger partial charge in [0.1, 0.15) is 0 Å². The largest absolute Gasteiger partial charge is 0.323 e. The molecule has 172 valence electrons. The zero-order valence-corrected chi connectivity index (χ0v) is 20.1. The van der Waals surface area contributed by atoms with Gasteiger partial charge in [0.05, 0.1) is 18.4 Å². The summed E-state index contributed by atoms with van der Waals surface area (Å²) in [4.78, 5) is 0. The number of hydrogen-bond donors (Lipinski definition) is 1. The van der Waals surface area contributed by atoms with E-state index in [1.165, 1.54) is 0 Å². The molecule has 0 aliphatic carbocycles. The van der Waals surface area contributed by atoms with Gasteiger partial charge in [-0.15, -0.1) is 6.58 Å². The van der Waals surface area contributed by atoms with Crippen LogP contribution in [0.2, 0.25) is 0 Å². The highest BCUT2D eigenvalue weighted by Gasteiger charge is 2.38.